The third-order valence-electron chi connectivity index (χ3n) is 9.81. The zero-order valence-corrected chi connectivity index (χ0v) is 37.6. The van der Waals surface area contributed by atoms with Gasteiger partial charge in [-0.1, -0.05) is 119 Å². The monoisotopic (exact) mass is 852 g/mol. The summed E-state index contributed by atoms with van der Waals surface area (Å²) in [5.41, 5.74) is 0. The summed E-state index contributed by atoms with van der Waals surface area (Å²) >= 11 is 0. The van der Waals surface area contributed by atoms with E-state index in [9.17, 15) is 34.4 Å². The van der Waals surface area contributed by atoms with Crippen LogP contribution < -0.4 is 4.89 Å². The molecule has 1 aliphatic rings. The van der Waals surface area contributed by atoms with Crippen LogP contribution in [0.4, 0.5) is 0 Å². The van der Waals surface area contributed by atoms with Crippen molar-refractivity contribution in [2.45, 2.75) is 147 Å². The SMILES string of the molecule is CC/C=C\C/C=C\C/C=C\C/C=C\CCCCCCC(=O)OC[C@H](COP(=O)([O-])OCC[N+](C)(C)C)OC(=O)C/C=C\C[C@H]1[C@@H](/C=C/[C@H](O)CCCCC)[C@H](O)C[C@@H]1O. The van der Waals surface area contributed by atoms with Crippen LogP contribution in [0, 0.1) is 11.8 Å². The molecule has 7 atom stereocenters. The van der Waals surface area contributed by atoms with E-state index in [0.717, 1.165) is 70.6 Å². The topological polar surface area (TPSA) is 172 Å². The van der Waals surface area contributed by atoms with E-state index in [-0.39, 0.29) is 44.3 Å². The van der Waals surface area contributed by atoms with Crippen molar-refractivity contribution in [3.05, 3.63) is 72.9 Å². The van der Waals surface area contributed by atoms with E-state index in [1.54, 1.807) is 24.3 Å². The van der Waals surface area contributed by atoms with Gasteiger partial charge in [0.2, 0.25) is 0 Å². The van der Waals surface area contributed by atoms with Gasteiger partial charge in [-0.05, 0) is 63.7 Å². The van der Waals surface area contributed by atoms with Crippen LogP contribution in [0.25, 0.3) is 0 Å². The van der Waals surface area contributed by atoms with Crippen LogP contribution in [0.15, 0.2) is 72.9 Å². The van der Waals surface area contributed by atoms with Gasteiger partial charge in [-0.25, -0.2) is 0 Å². The van der Waals surface area contributed by atoms with E-state index in [1.807, 2.05) is 21.1 Å². The molecule has 0 amide bonds. The number of hydrogen-bond donors (Lipinski definition) is 3. The van der Waals surface area contributed by atoms with Gasteiger partial charge in [-0.2, -0.15) is 0 Å². The van der Waals surface area contributed by atoms with Gasteiger partial charge in [-0.3, -0.25) is 14.2 Å². The number of rotatable bonds is 34. The van der Waals surface area contributed by atoms with Crippen molar-refractivity contribution < 1.29 is 57.4 Å². The second-order valence-corrected chi connectivity index (χ2v) is 17.7. The standard InChI is InChI=1S/C46H78NO11P/c1-6-8-10-11-12-13-14-15-16-17-18-19-20-21-22-23-25-30-45(51)55-37-40(38-57-59(53,54)56-35-34-47(3,4)5)58-46(52)31-27-26-29-41-42(44(50)36-43(41)49)33-32-39(48)28-24-9-7-2/h8,10,12-13,15-16,18-19,26-27,32-33,39-44,48-50H,6-7,9,11,14,17,20-25,28-31,34-38H2,1-5H3/b10-8-,13-12-,16-15-,19-18-,27-26-,33-32+/t39-,40-,41+,42-,43+,44-/m1/s1. The number of esters is 2. The number of carbonyl (C=O) groups is 2. The van der Waals surface area contributed by atoms with E-state index >= 15 is 0 Å². The largest absolute Gasteiger partial charge is 0.756 e. The first-order valence-corrected chi connectivity index (χ1v) is 23.4. The molecule has 0 bridgehead atoms. The van der Waals surface area contributed by atoms with E-state index in [0.29, 0.717) is 30.3 Å². The highest BCUT2D eigenvalue weighted by molar-refractivity contribution is 7.45. The summed E-state index contributed by atoms with van der Waals surface area (Å²) in [5.74, 6) is -1.82. The lowest BCUT2D eigenvalue weighted by Gasteiger charge is -2.28. The Morgan fingerprint density at radius 2 is 1.46 bits per heavy atom. The summed E-state index contributed by atoms with van der Waals surface area (Å²) < 4.78 is 33.8. The van der Waals surface area contributed by atoms with Crippen molar-refractivity contribution in [3.63, 3.8) is 0 Å². The number of hydrogen-bond acceptors (Lipinski definition) is 11. The molecule has 13 heteroatoms. The van der Waals surface area contributed by atoms with Gasteiger partial charge >= 0.3 is 11.9 Å². The third-order valence-corrected chi connectivity index (χ3v) is 10.8. The smallest absolute Gasteiger partial charge is 0.310 e. The molecule has 0 aliphatic heterocycles. The Morgan fingerprint density at radius 3 is 2.12 bits per heavy atom. The first kappa shape index (κ1) is 54.3. The average Bonchev–Trinajstić information content (AvgIpc) is 3.44. The Hall–Kier alpha value is -2.67. The number of ether oxygens (including phenoxy) is 2. The molecular weight excluding hydrogens is 773 g/mol. The van der Waals surface area contributed by atoms with Crippen molar-refractivity contribution in [1.82, 2.24) is 0 Å². The summed E-state index contributed by atoms with van der Waals surface area (Å²) in [5, 5.41) is 31.4. The molecule has 1 unspecified atom stereocenters. The van der Waals surface area contributed by atoms with Gasteiger partial charge in [-0.15, -0.1) is 0 Å². The lowest BCUT2D eigenvalue weighted by molar-refractivity contribution is -0.870. The molecule has 12 nitrogen and oxygen atoms in total. The first-order valence-electron chi connectivity index (χ1n) is 21.9. The Morgan fingerprint density at radius 1 is 0.797 bits per heavy atom. The van der Waals surface area contributed by atoms with Gasteiger partial charge in [0.1, 0.15) is 19.8 Å². The number of carbonyl (C=O) groups excluding carboxylic acids is 2. The van der Waals surface area contributed by atoms with Crippen molar-refractivity contribution >= 4 is 19.8 Å². The maximum atomic E-state index is 12.8. The average molecular weight is 852 g/mol. The molecule has 0 saturated heterocycles. The maximum absolute atomic E-state index is 12.8. The minimum atomic E-state index is -4.73. The highest BCUT2D eigenvalue weighted by Gasteiger charge is 2.39. The highest BCUT2D eigenvalue weighted by Crippen LogP contribution is 2.38. The van der Waals surface area contributed by atoms with E-state index < -0.39 is 50.8 Å². The maximum Gasteiger partial charge on any atom is 0.310 e. The fourth-order valence-electron chi connectivity index (χ4n) is 6.32. The minimum absolute atomic E-state index is 0.0964. The quantitative estimate of drug-likeness (QED) is 0.0188. The second-order valence-electron chi connectivity index (χ2n) is 16.3. The molecule has 338 valence electrons. The number of phosphoric ester groups is 1. The molecule has 59 heavy (non-hydrogen) atoms. The summed E-state index contributed by atoms with van der Waals surface area (Å²) in [6.07, 6.45) is 33.5. The molecule has 0 aromatic carbocycles. The van der Waals surface area contributed by atoms with E-state index in [1.165, 1.54) is 0 Å². The number of aliphatic hydroxyl groups excluding tert-OH is 3. The molecule has 1 rings (SSSR count). The van der Waals surface area contributed by atoms with Gasteiger partial charge < -0.3 is 43.2 Å². The molecular formula is C46H78NO11P. The molecule has 0 spiro atoms. The van der Waals surface area contributed by atoms with Crippen molar-refractivity contribution in [3.8, 4) is 0 Å². The number of nitrogens with zero attached hydrogens (tertiary/aromatic N) is 1. The number of unbranched alkanes of at least 4 members (excludes halogenated alkanes) is 6. The number of quaternary nitrogens is 1. The van der Waals surface area contributed by atoms with Crippen molar-refractivity contribution in [2.75, 3.05) is 47.5 Å². The fourth-order valence-corrected chi connectivity index (χ4v) is 7.05. The van der Waals surface area contributed by atoms with Crippen molar-refractivity contribution in [1.29, 1.82) is 0 Å². The van der Waals surface area contributed by atoms with Crippen LogP contribution in [0.5, 0.6) is 0 Å². The normalized spacial score (nSPS) is 21.2. The predicted molar refractivity (Wildman–Crippen MR) is 233 cm³/mol. The Balaban J connectivity index is 2.58. The van der Waals surface area contributed by atoms with Crippen LogP contribution in [-0.4, -0.2) is 104 Å². The van der Waals surface area contributed by atoms with Crippen LogP contribution >= 0.6 is 7.82 Å². The second kappa shape index (κ2) is 33.0. The lowest BCUT2D eigenvalue weighted by Crippen LogP contribution is -2.37. The number of likely N-dealkylation sites (N-methyl/N-ethyl adjacent to an activating group) is 1. The van der Waals surface area contributed by atoms with Crippen LogP contribution in [0.3, 0.4) is 0 Å². The summed E-state index contributed by atoms with van der Waals surface area (Å²) in [7, 11) is 0.942. The van der Waals surface area contributed by atoms with Gasteiger partial charge in [0.25, 0.3) is 7.82 Å². The predicted octanol–water partition coefficient (Wildman–Crippen LogP) is 7.99. The fraction of sp³-hybridized carbons (Fsp3) is 0.696. The Bertz CT molecular complexity index is 1350. The molecule has 0 aromatic rings. The highest BCUT2D eigenvalue weighted by atomic mass is 31.2. The van der Waals surface area contributed by atoms with Crippen LogP contribution in [0.2, 0.25) is 0 Å². The molecule has 1 fully saturated rings. The summed E-state index contributed by atoms with van der Waals surface area (Å²) in [6.45, 7) is 3.57. The van der Waals surface area contributed by atoms with Gasteiger partial charge in [0.05, 0.1) is 52.5 Å². The minimum Gasteiger partial charge on any atom is -0.756 e. The Kier molecular flexibility index (Phi) is 30.4. The van der Waals surface area contributed by atoms with E-state index in [2.05, 4.69) is 62.5 Å². The molecule has 1 saturated carbocycles. The van der Waals surface area contributed by atoms with Gasteiger partial charge in [0, 0.05) is 18.8 Å². The summed E-state index contributed by atoms with van der Waals surface area (Å²) in [6, 6.07) is 0. The van der Waals surface area contributed by atoms with E-state index in [4.69, 9.17) is 18.5 Å². The third kappa shape index (κ3) is 30.1. The molecule has 1 aliphatic carbocycles. The number of aliphatic hydroxyl groups is 3. The number of allylic oxidation sites excluding steroid dienone is 9. The van der Waals surface area contributed by atoms with Crippen LogP contribution in [0.1, 0.15) is 123 Å². The van der Waals surface area contributed by atoms with Gasteiger partial charge in [0.15, 0.2) is 6.10 Å². The Labute approximate surface area is 355 Å². The molecule has 3 N–H and O–H groups in total. The lowest BCUT2D eigenvalue weighted by atomic mass is 9.89. The van der Waals surface area contributed by atoms with Crippen molar-refractivity contribution in [2.24, 2.45) is 11.8 Å². The molecule has 0 aromatic heterocycles. The zero-order valence-electron chi connectivity index (χ0n) is 36.7. The summed E-state index contributed by atoms with van der Waals surface area (Å²) in [4.78, 5) is 37.8. The first-order chi connectivity index (χ1) is 28.2. The van der Waals surface area contributed by atoms with Crippen LogP contribution in [-0.2, 0) is 32.7 Å². The number of phosphoric acid groups is 1. The zero-order chi connectivity index (χ0) is 43.8. The molecule has 0 radical (unpaired) electrons. The molecule has 0 heterocycles.